The summed E-state index contributed by atoms with van der Waals surface area (Å²) in [5.41, 5.74) is 0.709. The highest BCUT2D eigenvalue weighted by molar-refractivity contribution is 7.22. The maximum atomic E-state index is 13.9. The smallest absolute Gasteiger partial charge is 0.186 e. The summed E-state index contributed by atoms with van der Waals surface area (Å²) in [6, 6.07) is 8.90. The van der Waals surface area contributed by atoms with Crippen LogP contribution in [0.1, 0.15) is 0 Å². The number of rotatable bonds is 4. The van der Waals surface area contributed by atoms with Gasteiger partial charge in [0.1, 0.15) is 18.2 Å². The molecule has 1 aromatic carbocycles. The second-order valence-corrected chi connectivity index (χ2v) is 6.61. The molecule has 1 aliphatic rings. The van der Waals surface area contributed by atoms with Crippen LogP contribution in [0.3, 0.4) is 0 Å². The number of pyridine rings is 1. The fourth-order valence-electron chi connectivity index (χ4n) is 2.81. The number of halogens is 1. The summed E-state index contributed by atoms with van der Waals surface area (Å²) in [7, 11) is 0. The van der Waals surface area contributed by atoms with E-state index >= 15 is 0 Å². The SMILES string of the molecule is Fc1cccc2nc(N3CCNCC3COc3cccnc3)sc12. The third-order valence-electron chi connectivity index (χ3n) is 4.03. The number of anilines is 1. The largest absolute Gasteiger partial charge is 0.490 e. The van der Waals surface area contributed by atoms with Crippen molar-refractivity contribution in [3.63, 3.8) is 0 Å². The number of nitrogens with zero attached hydrogens (tertiary/aromatic N) is 3. The molecule has 1 fully saturated rings. The molecule has 1 saturated heterocycles. The lowest BCUT2D eigenvalue weighted by Crippen LogP contribution is -2.54. The lowest BCUT2D eigenvalue weighted by Gasteiger charge is -2.35. The van der Waals surface area contributed by atoms with Crippen LogP contribution < -0.4 is 15.0 Å². The quantitative estimate of drug-likeness (QED) is 0.789. The van der Waals surface area contributed by atoms with Gasteiger partial charge < -0.3 is 15.0 Å². The van der Waals surface area contributed by atoms with Gasteiger partial charge in [-0.1, -0.05) is 17.4 Å². The van der Waals surface area contributed by atoms with Crippen molar-refractivity contribution in [1.29, 1.82) is 0 Å². The van der Waals surface area contributed by atoms with Crippen molar-refractivity contribution in [3.8, 4) is 5.75 Å². The predicted molar refractivity (Wildman–Crippen MR) is 93.3 cm³/mol. The summed E-state index contributed by atoms with van der Waals surface area (Å²) in [6.07, 6.45) is 3.42. The molecule has 124 valence electrons. The van der Waals surface area contributed by atoms with Crippen LogP contribution in [0.15, 0.2) is 42.7 Å². The van der Waals surface area contributed by atoms with Gasteiger partial charge in [0, 0.05) is 25.8 Å². The average molecular weight is 344 g/mol. The van der Waals surface area contributed by atoms with Crippen molar-refractivity contribution in [2.75, 3.05) is 31.1 Å². The Morgan fingerprint density at radius 3 is 3.12 bits per heavy atom. The number of thiazole rings is 1. The highest BCUT2D eigenvalue weighted by Gasteiger charge is 2.26. The van der Waals surface area contributed by atoms with Crippen molar-refractivity contribution in [2.45, 2.75) is 6.04 Å². The average Bonchev–Trinajstić information content (AvgIpc) is 3.07. The first-order chi connectivity index (χ1) is 11.8. The molecule has 3 aromatic rings. The van der Waals surface area contributed by atoms with Crippen LogP contribution in [0.5, 0.6) is 5.75 Å². The molecule has 0 saturated carbocycles. The number of ether oxygens (including phenoxy) is 1. The maximum Gasteiger partial charge on any atom is 0.186 e. The van der Waals surface area contributed by atoms with Crippen LogP contribution in [0.25, 0.3) is 10.2 Å². The van der Waals surface area contributed by atoms with Crippen LogP contribution >= 0.6 is 11.3 Å². The molecule has 1 atom stereocenters. The van der Waals surface area contributed by atoms with E-state index in [0.717, 1.165) is 30.5 Å². The van der Waals surface area contributed by atoms with E-state index in [1.165, 1.54) is 17.4 Å². The zero-order valence-electron chi connectivity index (χ0n) is 13.0. The van der Waals surface area contributed by atoms with E-state index in [0.29, 0.717) is 16.8 Å². The van der Waals surface area contributed by atoms with Gasteiger partial charge in [0.25, 0.3) is 0 Å². The first kappa shape index (κ1) is 15.3. The Labute approximate surface area is 143 Å². The molecule has 0 bridgehead atoms. The van der Waals surface area contributed by atoms with Gasteiger partial charge in [-0.25, -0.2) is 9.37 Å². The van der Waals surface area contributed by atoms with Crippen LogP contribution in [0, 0.1) is 5.82 Å². The molecule has 24 heavy (non-hydrogen) atoms. The van der Waals surface area contributed by atoms with Gasteiger partial charge in [0.15, 0.2) is 5.13 Å². The molecule has 5 nitrogen and oxygen atoms in total. The Balaban J connectivity index is 1.55. The van der Waals surface area contributed by atoms with E-state index in [9.17, 15) is 4.39 Å². The fraction of sp³-hybridized carbons (Fsp3) is 0.294. The molecule has 1 unspecified atom stereocenters. The monoisotopic (exact) mass is 344 g/mol. The molecule has 4 rings (SSSR count). The fourth-order valence-corrected chi connectivity index (χ4v) is 3.88. The standard InChI is InChI=1S/C17H17FN4OS/c18-14-4-1-5-15-16(14)24-17(21-15)22-8-7-20-9-12(22)11-23-13-3-2-6-19-10-13/h1-6,10,12,20H,7-9,11H2. The molecule has 3 heterocycles. The molecule has 0 amide bonds. The van der Waals surface area contributed by atoms with E-state index in [1.807, 2.05) is 18.2 Å². The van der Waals surface area contributed by atoms with E-state index in [2.05, 4.69) is 20.2 Å². The third-order valence-corrected chi connectivity index (χ3v) is 5.14. The van der Waals surface area contributed by atoms with Crippen molar-refractivity contribution >= 4 is 26.7 Å². The lowest BCUT2D eigenvalue weighted by atomic mass is 10.2. The molecule has 2 aromatic heterocycles. The van der Waals surface area contributed by atoms with Gasteiger partial charge in [-0.15, -0.1) is 0 Å². The maximum absolute atomic E-state index is 13.9. The predicted octanol–water partition coefficient (Wildman–Crippen LogP) is 2.69. The highest BCUT2D eigenvalue weighted by atomic mass is 32.1. The number of nitrogens with one attached hydrogen (secondary N) is 1. The Kier molecular flexibility index (Phi) is 4.27. The minimum Gasteiger partial charge on any atom is -0.490 e. The number of hydrogen-bond acceptors (Lipinski definition) is 6. The minimum atomic E-state index is -0.213. The second-order valence-electron chi connectivity index (χ2n) is 5.64. The van der Waals surface area contributed by atoms with Crippen molar-refractivity contribution in [3.05, 3.63) is 48.5 Å². The molecule has 1 aliphatic heterocycles. The molecule has 0 radical (unpaired) electrons. The Morgan fingerprint density at radius 2 is 2.29 bits per heavy atom. The summed E-state index contributed by atoms with van der Waals surface area (Å²) in [5, 5.41) is 4.23. The van der Waals surface area contributed by atoms with Gasteiger partial charge in [-0.3, -0.25) is 4.98 Å². The van der Waals surface area contributed by atoms with Gasteiger partial charge in [0.05, 0.1) is 22.5 Å². The number of piperazine rings is 1. The topological polar surface area (TPSA) is 50.3 Å². The summed E-state index contributed by atoms with van der Waals surface area (Å²) in [6.45, 7) is 3.03. The van der Waals surface area contributed by atoms with E-state index in [1.54, 1.807) is 18.5 Å². The second kappa shape index (κ2) is 6.70. The molecule has 0 spiro atoms. The van der Waals surface area contributed by atoms with Crippen LogP contribution in [0.4, 0.5) is 9.52 Å². The van der Waals surface area contributed by atoms with Crippen molar-refractivity contribution < 1.29 is 9.13 Å². The van der Waals surface area contributed by atoms with E-state index < -0.39 is 0 Å². The summed E-state index contributed by atoms with van der Waals surface area (Å²) >= 11 is 1.40. The number of fused-ring (bicyclic) bond motifs is 1. The Bertz CT molecular complexity index is 826. The lowest BCUT2D eigenvalue weighted by molar-refractivity contribution is 0.266. The van der Waals surface area contributed by atoms with E-state index in [-0.39, 0.29) is 11.9 Å². The number of benzene rings is 1. The third kappa shape index (κ3) is 3.05. The summed E-state index contributed by atoms with van der Waals surface area (Å²) in [4.78, 5) is 10.9. The first-order valence-electron chi connectivity index (χ1n) is 7.86. The zero-order valence-corrected chi connectivity index (χ0v) is 13.8. The minimum absolute atomic E-state index is 0.141. The summed E-state index contributed by atoms with van der Waals surface area (Å²) in [5.74, 6) is 0.535. The number of aromatic nitrogens is 2. The first-order valence-corrected chi connectivity index (χ1v) is 8.68. The zero-order chi connectivity index (χ0) is 16.4. The van der Waals surface area contributed by atoms with Crippen LogP contribution in [-0.4, -0.2) is 42.3 Å². The molecular weight excluding hydrogens is 327 g/mol. The van der Waals surface area contributed by atoms with Gasteiger partial charge >= 0.3 is 0 Å². The summed E-state index contributed by atoms with van der Waals surface area (Å²) < 4.78 is 20.4. The Morgan fingerprint density at radius 1 is 1.33 bits per heavy atom. The normalized spacial score (nSPS) is 18.0. The Hall–Kier alpha value is -2.25. The van der Waals surface area contributed by atoms with Crippen molar-refractivity contribution in [2.24, 2.45) is 0 Å². The van der Waals surface area contributed by atoms with Crippen LogP contribution in [-0.2, 0) is 0 Å². The number of hydrogen-bond donors (Lipinski definition) is 1. The molecular formula is C17H17FN4OS. The molecule has 1 N–H and O–H groups in total. The van der Waals surface area contributed by atoms with E-state index in [4.69, 9.17) is 4.74 Å². The van der Waals surface area contributed by atoms with Gasteiger partial charge in [-0.05, 0) is 24.3 Å². The van der Waals surface area contributed by atoms with Gasteiger partial charge in [0.2, 0.25) is 0 Å². The van der Waals surface area contributed by atoms with Crippen molar-refractivity contribution in [1.82, 2.24) is 15.3 Å². The molecule has 7 heteroatoms. The highest BCUT2D eigenvalue weighted by Crippen LogP contribution is 2.32. The van der Waals surface area contributed by atoms with Gasteiger partial charge in [-0.2, -0.15) is 0 Å². The van der Waals surface area contributed by atoms with Crippen LogP contribution in [0.2, 0.25) is 0 Å². The molecule has 0 aliphatic carbocycles.